The van der Waals surface area contributed by atoms with Crippen LogP contribution in [0.1, 0.15) is 38.2 Å². The minimum absolute atomic E-state index is 0.0707. The lowest BCUT2D eigenvalue weighted by Crippen LogP contribution is -2.44. The van der Waals surface area contributed by atoms with Crippen molar-refractivity contribution in [2.24, 2.45) is 0 Å². The fourth-order valence-corrected chi connectivity index (χ4v) is 4.11. The molecule has 0 spiro atoms. The zero-order chi connectivity index (χ0) is 15.8. The predicted octanol–water partition coefficient (Wildman–Crippen LogP) is 3.91. The number of amides is 1. The molecule has 1 aromatic rings. The lowest BCUT2D eigenvalue weighted by Gasteiger charge is -2.31. The van der Waals surface area contributed by atoms with E-state index in [-0.39, 0.29) is 5.91 Å². The molecule has 3 nitrogen and oxygen atoms in total. The maximum absolute atomic E-state index is 13.0. The normalized spacial score (nSPS) is 26.6. The molecule has 3 rings (SSSR count). The van der Waals surface area contributed by atoms with E-state index in [0.29, 0.717) is 13.0 Å². The van der Waals surface area contributed by atoms with Gasteiger partial charge in [0.2, 0.25) is 5.91 Å². The Balaban J connectivity index is 1.87. The van der Waals surface area contributed by atoms with Crippen LogP contribution in [-0.2, 0) is 10.2 Å². The molecule has 1 aromatic carbocycles. The highest BCUT2D eigenvalue weighted by molar-refractivity contribution is 6.54. The van der Waals surface area contributed by atoms with Crippen LogP contribution in [-0.4, -0.2) is 34.8 Å². The third kappa shape index (κ3) is 2.59. The minimum atomic E-state index is -1.01. The average Bonchev–Trinajstić information content (AvgIpc) is 3.12. The number of likely N-dealkylation sites (tertiary alicyclic amines) is 1. The lowest BCUT2D eigenvalue weighted by molar-refractivity contribution is -0.134. The largest absolute Gasteiger partial charge is 0.494 e. The third-order valence-electron chi connectivity index (χ3n) is 4.65. The Bertz CT molecular complexity index is 552. The van der Waals surface area contributed by atoms with Crippen LogP contribution in [0.25, 0.3) is 0 Å². The molecule has 0 N–H and O–H groups in total. The van der Waals surface area contributed by atoms with Gasteiger partial charge in [0.05, 0.1) is 6.61 Å². The van der Waals surface area contributed by atoms with E-state index in [4.69, 9.17) is 27.9 Å². The van der Waals surface area contributed by atoms with E-state index < -0.39 is 9.75 Å². The van der Waals surface area contributed by atoms with Crippen molar-refractivity contribution in [3.8, 4) is 5.75 Å². The number of hydrogen-bond donors (Lipinski definition) is 0. The summed E-state index contributed by atoms with van der Waals surface area (Å²) in [6, 6.07) is 7.59. The number of halogens is 2. The van der Waals surface area contributed by atoms with Crippen molar-refractivity contribution >= 4 is 29.1 Å². The summed E-state index contributed by atoms with van der Waals surface area (Å²) in [6.07, 6.45) is 3.78. The quantitative estimate of drug-likeness (QED) is 0.777. The van der Waals surface area contributed by atoms with Crippen LogP contribution < -0.4 is 4.74 Å². The van der Waals surface area contributed by atoms with Crippen molar-refractivity contribution in [3.05, 3.63) is 29.8 Å². The molecule has 1 aliphatic heterocycles. The topological polar surface area (TPSA) is 29.5 Å². The number of carbonyl (C=O) groups excluding carboxylic acids is 1. The molecule has 2 fully saturated rings. The van der Waals surface area contributed by atoms with Gasteiger partial charge in [-0.3, -0.25) is 4.79 Å². The molecule has 1 aliphatic carbocycles. The van der Waals surface area contributed by atoms with Gasteiger partial charge in [0.25, 0.3) is 0 Å². The first-order valence-electron chi connectivity index (χ1n) is 7.92. The van der Waals surface area contributed by atoms with Gasteiger partial charge in [-0.1, -0.05) is 12.1 Å². The van der Waals surface area contributed by atoms with Crippen molar-refractivity contribution in [1.29, 1.82) is 0 Å². The molecule has 22 heavy (non-hydrogen) atoms. The van der Waals surface area contributed by atoms with Gasteiger partial charge in [0.15, 0.2) is 0 Å². The van der Waals surface area contributed by atoms with Crippen LogP contribution in [0.2, 0.25) is 0 Å². The summed E-state index contributed by atoms with van der Waals surface area (Å²) in [6.45, 7) is 4.17. The first-order chi connectivity index (χ1) is 10.5. The van der Waals surface area contributed by atoms with Gasteiger partial charge in [-0.15, -0.1) is 23.2 Å². The fraction of sp³-hybridized carbons (Fsp3) is 0.588. The maximum atomic E-state index is 13.0. The van der Waals surface area contributed by atoms with E-state index in [9.17, 15) is 4.79 Å². The Kier molecular flexibility index (Phi) is 4.30. The van der Waals surface area contributed by atoms with Crippen molar-refractivity contribution in [1.82, 2.24) is 4.90 Å². The highest BCUT2D eigenvalue weighted by Gasteiger charge is 2.72. The van der Waals surface area contributed by atoms with Gasteiger partial charge in [-0.25, -0.2) is 0 Å². The molecule has 1 saturated carbocycles. The van der Waals surface area contributed by atoms with Crippen molar-refractivity contribution in [2.45, 2.75) is 42.4 Å². The highest BCUT2D eigenvalue weighted by Crippen LogP contribution is 2.65. The predicted molar refractivity (Wildman–Crippen MR) is 88.8 cm³/mol. The van der Waals surface area contributed by atoms with E-state index in [1.54, 1.807) is 0 Å². The third-order valence-corrected chi connectivity index (χ3v) is 5.57. The zero-order valence-electron chi connectivity index (χ0n) is 12.8. The number of nitrogens with zero attached hydrogens (tertiary/aromatic N) is 1. The number of hydrogen-bond acceptors (Lipinski definition) is 2. The van der Waals surface area contributed by atoms with Gasteiger partial charge < -0.3 is 9.64 Å². The molecule has 0 aromatic heterocycles. The van der Waals surface area contributed by atoms with Crippen molar-refractivity contribution in [3.63, 3.8) is 0 Å². The summed E-state index contributed by atoms with van der Waals surface area (Å²) >= 11 is 12.8. The minimum Gasteiger partial charge on any atom is -0.494 e. The number of ether oxygens (including phenoxy) is 1. The summed E-state index contributed by atoms with van der Waals surface area (Å²) in [7, 11) is 0. The first kappa shape index (κ1) is 15.9. The number of piperidine rings is 1. The van der Waals surface area contributed by atoms with Gasteiger partial charge in [0.1, 0.15) is 15.5 Å². The van der Waals surface area contributed by atoms with Crippen LogP contribution in [0, 0.1) is 0 Å². The van der Waals surface area contributed by atoms with Crippen LogP contribution >= 0.6 is 23.2 Å². The highest BCUT2D eigenvalue weighted by atomic mass is 35.5. The molecule has 0 unspecified atom stereocenters. The zero-order valence-corrected chi connectivity index (χ0v) is 14.3. The summed E-state index contributed by atoms with van der Waals surface area (Å²) in [5, 5.41) is 0. The molecule has 1 saturated heterocycles. The van der Waals surface area contributed by atoms with Crippen LogP contribution in [0.5, 0.6) is 5.75 Å². The average molecular weight is 342 g/mol. The Morgan fingerprint density at radius 1 is 1.18 bits per heavy atom. The van der Waals surface area contributed by atoms with Gasteiger partial charge in [-0.2, -0.15) is 0 Å². The number of rotatable bonds is 4. The Hall–Kier alpha value is -0.930. The summed E-state index contributed by atoms with van der Waals surface area (Å²) < 4.78 is 4.46. The van der Waals surface area contributed by atoms with Gasteiger partial charge in [0, 0.05) is 19.5 Å². The van der Waals surface area contributed by atoms with Crippen molar-refractivity contribution < 1.29 is 9.53 Å². The van der Waals surface area contributed by atoms with Crippen LogP contribution in [0.15, 0.2) is 24.3 Å². The van der Waals surface area contributed by atoms with E-state index in [1.165, 1.54) is 6.42 Å². The molecule has 1 amide bonds. The molecule has 0 bridgehead atoms. The SMILES string of the molecule is CCOc1ccc([C@]2(C(=O)N3CCCCC3)CC2(Cl)Cl)cc1. The standard InChI is InChI=1S/C17H21Cl2NO2/c1-2-22-14-8-6-13(7-9-14)16(12-17(16,18)19)15(21)20-10-4-3-5-11-20/h6-9H,2-5,10-12H2,1H3/t16-/m0/s1. The summed E-state index contributed by atoms with van der Waals surface area (Å²) in [5.41, 5.74) is 0.0922. The second kappa shape index (κ2) is 5.93. The molecule has 5 heteroatoms. The number of alkyl halides is 2. The summed E-state index contributed by atoms with van der Waals surface area (Å²) in [4.78, 5) is 15.0. The lowest BCUT2D eigenvalue weighted by atomic mass is 9.93. The van der Waals surface area contributed by atoms with Crippen LogP contribution in [0.4, 0.5) is 0 Å². The van der Waals surface area contributed by atoms with E-state index in [0.717, 1.165) is 37.2 Å². The summed E-state index contributed by atoms with van der Waals surface area (Å²) in [5.74, 6) is 0.864. The molecule has 2 aliphatic rings. The Morgan fingerprint density at radius 3 is 2.27 bits per heavy atom. The molecular weight excluding hydrogens is 321 g/mol. The van der Waals surface area contributed by atoms with Gasteiger partial charge in [-0.05, 0) is 43.9 Å². The smallest absolute Gasteiger partial charge is 0.236 e. The van der Waals surface area contributed by atoms with E-state index in [1.807, 2.05) is 36.1 Å². The Morgan fingerprint density at radius 2 is 1.77 bits per heavy atom. The number of benzene rings is 1. The fourth-order valence-electron chi connectivity index (χ4n) is 3.33. The van der Waals surface area contributed by atoms with E-state index in [2.05, 4.69) is 0 Å². The second-order valence-electron chi connectivity index (χ2n) is 6.10. The maximum Gasteiger partial charge on any atom is 0.236 e. The van der Waals surface area contributed by atoms with Crippen LogP contribution in [0.3, 0.4) is 0 Å². The second-order valence-corrected chi connectivity index (χ2v) is 7.58. The molecule has 1 atom stereocenters. The number of carbonyl (C=O) groups is 1. The molecule has 0 radical (unpaired) electrons. The monoisotopic (exact) mass is 341 g/mol. The van der Waals surface area contributed by atoms with Crippen molar-refractivity contribution in [2.75, 3.05) is 19.7 Å². The molecule has 1 heterocycles. The Labute approximate surface area is 141 Å². The first-order valence-corrected chi connectivity index (χ1v) is 8.67. The molecular formula is C17H21Cl2NO2. The molecule has 120 valence electrons. The van der Waals surface area contributed by atoms with Gasteiger partial charge >= 0.3 is 0 Å². The van der Waals surface area contributed by atoms with E-state index >= 15 is 0 Å².